The molecule has 20 heavy (non-hydrogen) atoms. The highest BCUT2D eigenvalue weighted by Crippen LogP contribution is 2.19. The van der Waals surface area contributed by atoms with Crippen LogP contribution in [0.3, 0.4) is 0 Å². The van der Waals surface area contributed by atoms with Gasteiger partial charge < -0.3 is 11.1 Å². The Morgan fingerprint density at radius 1 is 0.950 bits per heavy atom. The third-order valence-corrected chi connectivity index (χ3v) is 3.00. The number of nitrogens with two attached hydrogens (primary N) is 1. The van der Waals surface area contributed by atoms with E-state index in [1.54, 1.807) is 12.1 Å². The van der Waals surface area contributed by atoms with E-state index in [0.717, 1.165) is 5.56 Å². The molecule has 0 heterocycles. The fourth-order valence-corrected chi connectivity index (χ4v) is 2.04. The van der Waals surface area contributed by atoms with Gasteiger partial charge in [-0.05, 0) is 5.56 Å². The van der Waals surface area contributed by atoms with Crippen LogP contribution in [-0.4, -0.2) is 11.8 Å². The molecular weight excluding hydrogens is 252 g/mol. The van der Waals surface area contributed by atoms with Crippen LogP contribution in [-0.2, 0) is 0 Å². The molecule has 0 aliphatic rings. The molecule has 1 unspecified atom stereocenters. The number of nitrogens with one attached hydrogen (secondary N) is 1. The number of amides is 2. The van der Waals surface area contributed by atoms with Crippen LogP contribution in [0.25, 0.3) is 0 Å². The maximum Gasteiger partial charge on any atom is 0.312 e. The third-order valence-electron chi connectivity index (χ3n) is 3.00. The van der Waals surface area contributed by atoms with E-state index in [9.17, 15) is 9.59 Å². The zero-order chi connectivity index (χ0) is 14.4. The van der Waals surface area contributed by atoms with Gasteiger partial charge in [-0.25, -0.2) is 4.79 Å². The summed E-state index contributed by atoms with van der Waals surface area (Å²) in [6.45, 7) is 0. The van der Waals surface area contributed by atoms with E-state index < -0.39 is 12.1 Å². The Labute approximate surface area is 117 Å². The van der Waals surface area contributed by atoms with E-state index in [1.165, 1.54) is 0 Å². The number of primary amides is 1. The zero-order valence-electron chi connectivity index (χ0n) is 11.0. The van der Waals surface area contributed by atoms with Crippen LogP contribution in [0, 0.1) is 0 Å². The Hall–Kier alpha value is -2.62. The molecule has 2 rings (SSSR count). The molecule has 2 aromatic carbocycles. The summed E-state index contributed by atoms with van der Waals surface area (Å²) in [6, 6.07) is 17.3. The van der Waals surface area contributed by atoms with Crippen LogP contribution in [0.1, 0.15) is 28.4 Å². The third kappa shape index (κ3) is 3.68. The van der Waals surface area contributed by atoms with Gasteiger partial charge in [0.15, 0.2) is 5.78 Å². The minimum Gasteiger partial charge on any atom is -0.352 e. The SMILES string of the molecule is NC(=O)NC(CC(=O)c1ccccc1)c1ccccc1. The van der Waals surface area contributed by atoms with Crippen molar-refractivity contribution in [2.24, 2.45) is 5.73 Å². The molecule has 3 N–H and O–H groups in total. The second-order valence-corrected chi connectivity index (χ2v) is 4.47. The first-order valence-electron chi connectivity index (χ1n) is 6.36. The lowest BCUT2D eigenvalue weighted by Crippen LogP contribution is -2.34. The van der Waals surface area contributed by atoms with Crippen LogP contribution in [0.4, 0.5) is 4.79 Å². The average Bonchev–Trinajstić information content (AvgIpc) is 2.48. The molecule has 0 saturated heterocycles. The number of ketones is 1. The normalized spacial score (nSPS) is 11.6. The standard InChI is InChI=1S/C16H16N2O2/c17-16(20)18-14(12-7-3-1-4-8-12)11-15(19)13-9-5-2-6-10-13/h1-10,14H,11H2,(H3,17,18,20). The molecule has 0 bridgehead atoms. The van der Waals surface area contributed by atoms with Gasteiger partial charge in [0.05, 0.1) is 6.04 Å². The monoisotopic (exact) mass is 268 g/mol. The topological polar surface area (TPSA) is 72.2 Å². The van der Waals surface area contributed by atoms with Crippen molar-refractivity contribution in [3.63, 3.8) is 0 Å². The fraction of sp³-hybridized carbons (Fsp3) is 0.125. The molecule has 0 aliphatic heterocycles. The second-order valence-electron chi connectivity index (χ2n) is 4.47. The quantitative estimate of drug-likeness (QED) is 0.818. The molecular formula is C16H16N2O2. The minimum atomic E-state index is -0.639. The van der Waals surface area contributed by atoms with Crippen molar-refractivity contribution in [2.45, 2.75) is 12.5 Å². The van der Waals surface area contributed by atoms with Crippen LogP contribution in [0.2, 0.25) is 0 Å². The van der Waals surface area contributed by atoms with Gasteiger partial charge in [-0.1, -0.05) is 60.7 Å². The van der Waals surface area contributed by atoms with Gasteiger partial charge in [-0.2, -0.15) is 0 Å². The van der Waals surface area contributed by atoms with Crippen LogP contribution in [0.5, 0.6) is 0 Å². The summed E-state index contributed by atoms with van der Waals surface area (Å²) in [5.41, 5.74) is 6.67. The van der Waals surface area contributed by atoms with Crippen molar-refractivity contribution in [3.05, 3.63) is 71.8 Å². The van der Waals surface area contributed by atoms with E-state index in [-0.39, 0.29) is 12.2 Å². The lowest BCUT2D eigenvalue weighted by atomic mass is 9.98. The summed E-state index contributed by atoms with van der Waals surface area (Å²) in [6.07, 6.45) is 0.178. The van der Waals surface area contributed by atoms with Crippen molar-refractivity contribution < 1.29 is 9.59 Å². The van der Waals surface area contributed by atoms with Crippen LogP contribution < -0.4 is 11.1 Å². The van der Waals surface area contributed by atoms with Gasteiger partial charge in [-0.15, -0.1) is 0 Å². The van der Waals surface area contributed by atoms with Crippen molar-refractivity contribution in [1.82, 2.24) is 5.32 Å². The molecule has 0 saturated carbocycles. The van der Waals surface area contributed by atoms with Gasteiger partial charge in [-0.3, -0.25) is 4.79 Å². The molecule has 1 atom stereocenters. The first-order valence-corrected chi connectivity index (χ1v) is 6.36. The van der Waals surface area contributed by atoms with E-state index in [4.69, 9.17) is 5.73 Å². The van der Waals surface area contributed by atoms with E-state index in [0.29, 0.717) is 5.56 Å². The first kappa shape index (κ1) is 13.8. The Bertz CT molecular complexity index is 582. The number of benzene rings is 2. The van der Waals surface area contributed by atoms with Crippen LogP contribution in [0.15, 0.2) is 60.7 Å². The zero-order valence-corrected chi connectivity index (χ0v) is 11.0. The predicted octanol–water partition coefficient (Wildman–Crippen LogP) is 2.67. The molecule has 2 aromatic rings. The molecule has 0 aliphatic carbocycles. The van der Waals surface area contributed by atoms with Crippen molar-refractivity contribution in [2.75, 3.05) is 0 Å². The lowest BCUT2D eigenvalue weighted by Gasteiger charge is -2.17. The first-order chi connectivity index (χ1) is 9.66. The highest BCUT2D eigenvalue weighted by Gasteiger charge is 2.18. The summed E-state index contributed by atoms with van der Waals surface area (Å²) < 4.78 is 0. The number of carbonyl (C=O) groups excluding carboxylic acids is 2. The number of carbonyl (C=O) groups is 2. The largest absolute Gasteiger partial charge is 0.352 e. The summed E-state index contributed by atoms with van der Waals surface area (Å²) >= 11 is 0. The van der Waals surface area contributed by atoms with E-state index >= 15 is 0 Å². The summed E-state index contributed by atoms with van der Waals surface area (Å²) in [4.78, 5) is 23.3. The number of rotatable bonds is 5. The molecule has 2 amide bonds. The Morgan fingerprint density at radius 2 is 1.50 bits per heavy atom. The average molecular weight is 268 g/mol. The summed E-state index contributed by atoms with van der Waals surface area (Å²) in [5, 5.41) is 2.61. The van der Waals surface area contributed by atoms with Gasteiger partial charge in [0, 0.05) is 12.0 Å². The molecule has 4 nitrogen and oxygen atoms in total. The highest BCUT2D eigenvalue weighted by atomic mass is 16.2. The number of Topliss-reactive ketones (excluding diaryl/α,β-unsaturated/α-hetero) is 1. The maximum absolute atomic E-state index is 12.2. The lowest BCUT2D eigenvalue weighted by molar-refractivity contribution is 0.0970. The fourth-order valence-electron chi connectivity index (χ4n) is 2.04. The minimum absolute atomic E-state index is 0.0341. The predicted molar refractivity (Wildman–Crippen MR) is 77.3 cm³/mol. The van der Waals surface area contributed by atoms with E-state index in [1.807, 2.05) is 48.5 Å². The Kier molecular flexibility index (Phi) is 4.50. The summed E-state index contributed by atoms with van der Waals surface area (Å²) in [7, 11) is 0. The molecule has 4 heteroatoms. The van der Waals surface area contributed by atoms with Crippen molar-refractivity contribution in [1.29, 1.82) is 0 Å². The number of hydrogen-bond acceptors (Lipinski definition) is 2. The smallest absolute Gasteiger partial charge is 0.312 e. The van der Waals surface area contributed by atoms with E-state index in [2.05, 4.69) is 5.32 Å². The number of hydrogen-bond donors (Lipinski definition) is 2. The summed E-state index contributed by atoms with van der Waals surface area (Å²) in [5.74, 6) is -0.0341. The molecule has 0 aromatic heterocycles. The second kappa shape index (κ2) is 6.52. The van der Waals surface area contributed by atoms with Gasteiger partial charge in [0.2, 0.25) is 0 Å². The Morgan fingerprint density at radius 3 is 2.05 bits per heavy atom. The van der Waals surface area contributed by atoms with Gasteiger partial charge >= 0.3 is 6.03 Å². The van der Waals surface area contributed by atoms with Crippen molar-refractivity contribution >= 4 is 11.8 Å². The molecule has 102 valence electrons. The Balaban J connectivity index is 2.16. The van der Waals surface area contributed by atoms with Crippen molar-refractivity contribution in [3.8, 4) is 0 Å². The van der Waals surface area contributed by atoms with Gasteiger partial charge in [0.1, 0.15) is 0 Å². The molecule has 0 radical (unpaired) electrons. The number of urea groups is 1. The van der Waals surface area contributed by atoms with Gasteiger partial charge in [0.25, 0.3) is 0 Å². The maximum atomic E-state index is 12.2. The highest BCUT2D eigenvalue weighted by molar-refractivity contribution is 5.96. The molecule has 0 fully saturated rings. The molecule has 0 spiro atoms. The van der Waals surface area contributed by atoms with Crippen LogP contribution >= 0.6 is 0 Å².